The van der Waals surface area contributed by atoms with Crippen molar-refractivity contribution < 1.29 is 9.21 Å². The summed E-state index contributed by atoms with van der Waals surface area (Å²) in [6.45, 7) is 0.850. The lowest BCUT2D eigenvalue weighted by Crippen LogP contribution is -2.31. The molecule has 156 valence electrons. The fourth-order valence-electron chi connectivity index (χ4n) is 3.38. The van der Waals surface area contributed by atoms with E-state index >= 15 is 0 Å². The Morgan fingerprint density at radius 3 is 2.35 bits per heavy atom. The van der Waals surface area contributed by atoms with Gasteiger partial charge in [-0.25, -0.2) is 4.68 Å². The van der Waals surface area contributed by atoms with Crippen molar-refractivity contribution in [1.29, 1.82) is 0 Å². The number of anilines is 1. The van der Waals surface area contributed by atoms with Crippen LogP contribution >= 0.6 is 0 Å². The van der Waals surface area contributed by atoms with Gasteiger partial charge >= 0.3 is 0 Å². The fourth-order valence-corrected chi connectivity index (χ4v) is 3.38. The molecule has 0 saturated carbocycles. The van der Waals surface area contributed by atoms with Gasteiger partial charge in [0.15, 0.2) is 5.76 Å². The molecular weight excluding hydrogens is 390 g/mol. The summed E-state index contributed by atoms with van der Waals surface area (Å²) in [5.74, 6) is 0.605. The van der Waals surface area contributed by atoms with Crippen LogP contribution in [0, 0.1) is 0 Å². The quantitative estimate of drug-likeness (QED) is 0.426. The standard InChI is InChI=1S/C25H23N3O3/c29-24(27(21-11-5-2-6-12-21)19-20-9-3-1-4-10-20)14-7-17-28-25(30)16-15-22(26-28)23-13-8-18-31-23/h1-6,8-13,15-16,18H,7,14,17,19H2. The van der Waals surface area contributed by atoms with E-state index in [1.54, 1.807) is 29.4 Å². The summed E-state index contributed by atoms with van der Waals surface area (Å²) in [6.07, 6.45) is 2.38. The molecule has 4 aromatic rings. The SMILES string of the molecule is O=C(CCCn1nc(-c2ccco2)ccc1=O)N(Cc1ccccc1)c1ccccc1. The van der Waals surface area contributed by atoms with Crippen molar-refractivity contribution in [3.63, 3.8) is 0 Å². The zero-order chi connectivity index (χ0) is 21.5. The molecule has 6 heteroatoms. The first-order chi connectivity index (χ1) is 15.2. The smallest absolute Gasteiger partial charge is 0.266 e. The number of para-hydroxylation sites is 1. The lowest BCUT2D eigenvalue weighted by Gasteiger charge is -2.23. The maximum atomic E-state index is 13.1. The second-order valence-corrected chi connectivity index (χ2v) is 7.16. The van der Waals surface area contributed by atoms with Crippen molar-refractivity contribution >= 4 is 11.6 Å². The Bertz CT molecular complexity index is 1170. The number of aryl methyl sites for hydroxylation is 1. The van der Waals surface area contributed by atoms with E-state index in [9.17, 15) is 9.59 Å². The molecule has 0 radical (unpaired) electrons. The molecule has 0 aliphatic rings. The first kappa shape index (κ1) is 20.3. The van der Waals surface area contributed by atoms with Gasteiger partial charge in [0.2, 0.25) is 5.91 Å². The summed E-state index contributed by atoms with van der Waals surface area (Å²) in [4.78, 5) is 27.1. The monoisotopic (exact) mass is 413 g/mol. The van der Waals surface area contributed by atoms with E-state index in [1.807, 2.05) is 60.7 Å². The van der Waals surface area contributed by atoms with Crippen LogP contribution in [-0.4, -0.2) is 15.7 Å². The molecule has 2 aromatic heterocycles. The van der Waals surface area contributed by atoms with Crippen molar-refractivity contribution in [3.05, 3.63) is 107 Å². The topological polar surface area (TPSA) is 68.3 Å². The van der Waals surface area contributed by atoms with Crippen molar-refractivity contribution in [2.24, 2.45) is 0 Å². The van der Waals surface area contributed by atoms with Gasteiger partial charge < -0.3 is 9.32 Å². The number of hydrogen-bond donors (Lipinski definition) is 0. The minimum Gasteiger partial charge on any atom is -0.463 e. The summed E-state index contributed by atoms with van der Waals surface area (Å²) < 4.78 is 6.74. The predicted octanol–water partition coefficient (Wildman–Crippen LogP) is 4.52. The van der Waals surface area contributed by atoms with Crippen LogP contribution in [0.5, 0.6) is 0 Å². The number of carbonyl (C=O) groups is 1. The number of benzene rings is 2. The van der Waals surface area contributed by atoms with Crippen LogP contribution < -0.4 is 10.5 Å². The second kappa shape index (κ2) is 9.71. The first-order valence-electron chi connectivity index (χ1n) is 10.2. The van der Waals surface area contributed by atoms with E-state index in [0.717, 1.165) is 11.3 Å². The molecule has 4 rings (SSSR count). The van der Waals surface area contributed by atoms with Crippen LogP contribution in [0.1, 0.15) is 18.4 Å². The highest BCUT2D eigenvalue weighted by atomic mass is 16.3. The van der Waals surface area contributed by atoms with Gasteiger partial charge in [0.05, 0.1) is 12.8 Å². The van der Waals surface area contributed by atoms with Crippen LogP contribution in [0.3, 0.4) is 0 Å². The molecule has 0 fully saturated rings. The van der Waals surface area contributed by atoms with Crippen molar-refractivity contribution in [3.8, 4) is 11.5 Å². The minimum absolute atomic E-state index is 0.00490. The third-order valence-corrected chi connectivity index (χ3v) is 4.95. The van der Waals surface area contributed by atoms with E-state index in [1.165, 1.54) is 10.7 Å². The molecule has 1 amide bonds. The Hall–Kier alpha value is -3.93. The molecule has 0 aliphatic heterocycles. The van der Waals surface area contributed by atoms with Gasteiger partial charge in [-0.3, -0.25) is 9.59 Å². The summed E-state index contributed by atoms with van der Waals surface area (Å²) in [6, 6.07) is 26.2. The van der Waals surface area contributed by atoms with Gasteiger partial charge in [0, 0.05) is 24.7 Å². The lowest BCUT2D eigenvalue weighted by molar-refractivity contribution is -0.118. The number of nitrogens with zero attached hydrogens (tertiary/aromatic N) is 3. The average Bonchev–Trinajstić information content (AvgIpc) is 3.35. The third-order valence-electron chi connectivity index (χ3n) is 4.95. The molecule has 2 aromatic carbocycles. The molecular formula is C25H23N3O3. The summed E-state index contributed by atoms with van der Waals surface area (Å²) in [5, 5.41) is 4.37. The Morgan fingerprint density at radius 2 is 1.65 bits per heavy atom. The highest BCUT2D eigenvalue weighted by Gasteiger charge is 2.16. The minimum atomic E-state index is -0.202. The van der Waals surface area contributed by atoms with E-state index in [4.69, 9.17) is 4.42 Å². The van der Waals surface area contributed by atoms with Gasteiger partial charge in [-0.05, 0) is 42.3 Å². The van der Waals surface area contributed by atoms with Gasteiger partial charge in [-0.15, -0.1) is 0 Å². The Balaban J connectivity index is 1.45. The summed E-state index contributed by atoms with van der Waals surface area (Å²) in [7, 11) is 0. The van der Waals surface area contributed by atoms with Crippen molar-refractivity contribution in [2.45, 2.75) is 25.9 Å². The number of hydrogen-bond acceptors (Lipinski definition) is 4. The Kier molecular flexibility index (Phi) is 6.38. The number of furan rings is 1. The molecule has 0 atom stereocenters. The van der Waals surface area contributed by atoms with E-state index in [-0.39, 0.29) is 11.5 Å². The Morgan fingerprint density at radius 1 is 0.903 bits per heavy atom. The van der Waals surface area contributed by atoms with E-state index in [0.29, 0.717) is 37.4 Å². The largest absolute Gasteiger partial charge is 0.463 e. The molecule has 6 nitrogen and oxygen atoms in total. The molecule has 0 unspecified atom stereocenters. The molecule has 2 heterocycles. The van der Waals surface area contributed by atoms with Gasteiger partial charge in [0.1, 0.15) is 5.69 Å². The van der Waals surface area contributed by atoms with Crippen LogP contribution in [0.2, 0.25) is 0 Å². The predicted molar refractivity (Wildman–Crippen MR) is 120 cm³/mol. The van der Waals surface area contributed by atoms with Gasteiger partial charge in [-0.1, -0.05) is 48.5 Å². The van der Waals surface area contributed by atoms with Crippen LogP contribution in [0.15, 0.2) is 100 Å². The average molecular weight is 413 g/mol. The molecule has 0 spiro atoms. The van der Waals surface area contributed by atoms with Gasteiger partial charge in [0.25, 0.3) is 5.56 Å². The van der Waals surface area contributed by atoms with E-state index in [2.05, 4.69) is 5.10 Å². The first-order valence-corrected chi connectivity index (χ1v) is 10.2. The van der Waals surface area contributed by atoms with Gasteiger partial charge in [-0.2, -0.15) is 5.10 Å². The number of amides is 1. The van der Waals surface area contributed by atoms with E-state index < -0.39 is 0 Å². The third kappa shape index (κ3) is 5.17. The number of rotatable bonds is 8. The zero-order valence-electron chi connectivity index (χ0n) is 17.1. The van der Waals surface area contributed by atoms with Crippen molar-refractivity contribution in [2.75, 3.05) is 4.90 Å². The molecule has 31 heavy (non-hydrogen) atoms. The summed E-state index contributed by atoms with van der Waals surface area (Å²) >= 11 is 0. The van der Waals surface area contributed by atoms with Crippen LogP contribution in [0.25, 0.3) is 11.5 Å². The number of carbonyl (C=O) groups excluding carboxylic acids is 1. The van der Waals surface area contributed by atoms with Crippen LogP contribution in [-0.2, 0) is 17.9 Å². The zero-order valence-corrected chi connectivity index (χ0v) is 17.1. The Labute approximate surface area is 180 Å². The number of aromatic nitrogens is 2. The molecule has 0 N–H and O–H groups in total. The normalized spacial score (nSPS) is 10.7. The molecule has 0 saturated heterocycles. The maximum absolute atomic E-state index is 13.1. The molecule has 0 aliphatic carbocycles. The fraction of sp³-hybridized carbons (Fsp3) is 0.160. The summed E-state index contributed by atoms with van der Waals surface area (Å²) in [5.41, 5.74) is 2.30. The highest BCUT2D eigenvalue weighted by molar-refractivity contribution is 5.93. The van der Waals surface area contributed by atoms with Crippen molar-refractivity contribution in [1.82, 2.24) is 9.78 Å². The van der Waals surface area contributed by atoms with Crippen LogP contribution in [0.4, 0.5) is 5.69 Å². The maximum Gasteiger partial charge on any atom is 0.266 e. The second-order valence-electron chi connectivity index (χ2n) is 7.16. The molecule has 0 bridgehead atoms. The highest BCUT2D eigenvalue weighted by Crippen LogP contribution is 2.19. The lowest BCUT2D eigenvalue weighted by atomic mass is 10.1.